The van der Waals surface area contributed by atoms with E-state index in [9.17, 15) is 4.79 Å². The maximum atomic E-state index is 11.7. The second kappa shape index (κ2) is 8.49. The number of aliphatic hydroxyl groups is 1. The van der Waals surface area contributed by atoms with Crippen molar-refractivity contribution in [2.24, 2.45) is 0 Å². The minimum absolute atomic E-state index is 0.0931. The predicted molar refractivity (Wildman–Crippen MR) is 67.2 cm³/mol. The molecule has 5 heteroatoms. The van der Waals surface area contributed by atoms with Crippen LogP contribution in [-0.2, 0) is 16.1 Å². The summed E-state index contributed by atoms with van der Waals surface area (Å²) in [5, 5.41) is 8.88. The van der Waals surface area contributed by atoms with Gasteiger partial charge in [-0.3, -0.25) is 0 Å². The van der Waals surface area contributed by atoms with Crippen LogP contribution in [0.25, 0.3) is 0 Å². The van der Waals surface area contributed by atoms with Crippen molar-refractivity contribution in [3.8, 4) is 0 Å². The summed E-state index contributed by atoms with van der Waals surface area (Å²) in [5.74, 6) is 0. The Morgan fingerprint density at radius 3 is 2.61 bits per heavy atom. The molecular formula is C13H19NO4. The molecule has 0 heterocycles. The van der Waals surface area contributed by atoms with E-state index in [1.165, 1.54) is 4.90 Å². The largest absolute Gasteiger partial charge is 0.445 e. The lowest BCUT2D eigenvalue weighted by atomic mass is 10.2. The highest BCUT2D eigenvalue weighted by molar-refractivity contribution is 5.67. The first-order valence-corrected chi connectivity index (χ1v) is 5.83. The number of hydrogen-bond donors (Lipinski definition) is 1. The molecule has 100 valence electrons. The van der Waals surface area contributed by atoms with Crippen molar-refractivity contribution >= 4 is 6.09 Å². The second-order valence-corrected chi connectivity index (χ2v) is 3.74. The fraction of sp³-hybridized carbons (Fsp3) is 0.462. The molecule has 1 amide bonds. The number of aliphatic hydroxyl groups excluding tert-OH is 1. The van der Waals surface area contributed by atoms with Gasteiger partial charge in [0.15, 0.2) is 0 Å². The van der Waals surface area contributed by atoms with Crippen molar-refractivity contribution in [3.05, 3.63) is 35.9 Å². The summed E-state index contributed by atoms with van der Waals surface area (Å²) in [5.41, 5.74) is 0.932. The number of carbonyl (C=O) groups is 1. The molecule has 5 nitrogen and oxygen atoms in total. The van der Waals surface area contributed by atoms with E-state index in [-0.39, 0.29) is 19.8 Å². The zero-order chi connectivity index (χ0) is 13.2. The van der Waals surface area contributed by atoms with Crippen molar-refractivity contribution in [2.75, 3.05) is 33.4 Å². The fourth-order valence-corrected chi connectivity index (χ4v) is 1.43. The topological polar surface area (TPSA) is 59.0 Å². The van der Waals surface area contributed by atoms with Crippen LogP contribution in [0.2, 0.25) is 0 Å². The van der Waals surface area contributed by atoms with Gasteiger partial charge in [-0.1, -0.05) is 30.3 Å². The Balaban J connectivity index is 2.40. The molecule has 0 aliphatic rings. The number of nitrogens with zero attached hydrogens (tertiary/aromatic N) is 1. The van der Waals surface area contributed by atoms with Gasteiger partial charge < -0.3 is 19.5 Å². The van der Waals surface area contributed by atoms with E-state index in [4.69, 9.17) is 14.6 Å². The first-order chi connectivity index (χ1) is 8.77. The molecule has 0 saturated carbocycles. The number of ether oxygens (including phenoxy) is 2. The molecule has 0 spiro atoms. The molecule has 0 aromatic heterocycles. The minimum atomic E-state index is -0.440. The van der Waals surface area contributed by atoms with Gasteiger partial charge in [0.2, 0.25) is 0 Å². The molecule has 1 aromatic carbocycles. The van der Waals surface area contributed by atoms with Crippen molar-refractivity contribution in [1.82, 2.24) is 4.90 Å². The van der Waals surface area contributed by atoms with Crippen LogP contribution in [0.5, 0.6) is 0 Å². The Labute approximate surface area is 107 Å². The van der Waals surface area contributed by atoms with E-state index < -0.39 is 6.09 Å². The fourth-order valence-electron chi connectivity index (χ4n) is 1.43. The van der Waals surface area contributed by atoms with Gasteiger partial charge in [0, 0.05) is 20.2 Å². The molecule has 18 heavy (non-hydrogen) atoms. The predicted octanol–water partition coefficient (Wildman–Crippen LogP) is 1.26. The third-order valence-electron chi connectivity index (χ3n) is 2.40. The Hall–Kier alpha value is -1.59. The van der Waals surface area contributed by atoms with E-state index in [1.54, 1.807) is 7.11 Å². The number of carbonyl (C=O) groups excluding carboxylic acids is 1. The monoisotopic (exact) mass is 253 g/mol. The van der Waals surface area contributed by atoms with E-state index >= 15 is 0 Å². The highest BCUT2D eigenvalue weighted by Crippen LogP contribution is 2.03. The molecule has 0 atom stereocenters. The molecule has 1 N–H and O–H groups in total. The smallest absolute Gasteiger partial charge is 0.410 e. The summed E-state index contributed by atoms with van der Waals surface area (Å²) in [4.78, 5) is 13.2. The molecular weight excluding hydrogens is 234 g/mol. The SMILES string of the molecule is COCCN(CCO)C(=O)OCc1ccccc1. The standard InChI is InChI=1S/C13H19NO4/c1-17-10-8-14(7-9-15)13(16)18-11-12-5-3-2-4-6-12/h2-6,15H,7-11H2,1H3. The lowest BCUT2D eigenvalue weighted by Gasteiger charge is -2.20. The Morgan fingerprint density at radius 1 is 1.28 bits per heavy atom. The third kappa shape index (κ3) is 5.16. The first-order valence-electron chi connectivity index (χ1n) is 5.83. The highest BCUT2D eigenvalue weighted by Gasteiger charge is 2.13. The summed E-state index contributed by atoms with van der Waals surface area (Å²) in [6.45, 7) is 1.21. The maximum absolute atomic E-state index is 11.7. The van der Waals surface area contributed by atoms with E-state index in [0.717, 1.165) is 5.56 Å². The van der Waals surface area contributed by atoms with Crippen LogP contribution in [0.3, 0.4) is 0 Å². The quantitative estimate of drug-likeness (QED) is 0.795. The third-order valence-corrected chi connectivity index (χ3v) is 2.40. The van der Waals surface area contributed by atoms with Gasteiger partial charge >= 0.3 is 6.09 Å². The van der Waals surface area contributed by atoms with Crippen LogP contribution in [0.4, 0.5) is 4.79 Å². The van der Waals surface area contributed by atoms with Gasteiger partial charge in [-0.05, 0) is 5.56 Å². The van der Waals surface area contributed by atoms with Gasteiger partial charge in [0.25, 0.3) is 0 Å². The molecule has 0 saturated heterocycles. The van der Waals surface area contributed by atoms with Crippen molar-refractivity contribution in [1.29, 1.82) is 0 Å². The van der Waals surface area contributed by atoms with Crippen molar-refractivity contribution in [3.63, 3.8) is 0 Å². The minimum Gasteiger partial charge on any atom is -0.445 e. The number of methoxy groups -OCH3 is 1. The van der Waals surface area contributed by atoms with E-state index in [0.29, 0.717) is 13.2 Å². The number of hydrogen-bond acceptors (Lipinski definition) is 4. The van der Waals surface area contributed by atoms with Gasteiger partial charge in [-0.2, -0.15) is 0 Å². The maximum Gasteiger partial charge on any atom is 0.410 e. The lowest BCUT2D eigenvalue weighted by Crippen LogP contribution is -2.36. The summed E-state index contributed by atoms with van der Waals surface area (Å²) in [6.07, 6.45) is -0.440. The molecule has 1 rings (SSSR count). The van der Waals surface area contributed by atoms with Crippen LogP contribution in [-0.4, -0.2) is 49.5 Å². The second-order valence-electron chi connectivity index (χ2n) is 3.74. The number of benzene rings is 1. The van der Waals surface area contributed by atoms with Crippen LogP contribution in [0.1, 0.15) is 5.56 Å². The zero-order valence-electron chi connectivity index (χ0n) is 10.5. The average Bonchev–Trinajstić information content (AvgIpc) is 2.42. The summed E-state index contributed by atoms with van der Waals surface area (Å²) < 4.78 is 10.1. The average molecular weight is 253 g/mol. The van der Waals surface area contributed by atoms with Crippen molar-refractivity contribution in [2.45, 2.75) is 6.61 Å². The number of rotatable bonds is 7. The number of amides is 1. The van der Waals surface area contributed by atoms with Gasteiger partial charge in [-0.25, -0.2) is 4.79 Å². The van der Waals surface area contributed by atoms with Crippen LogP contribution < -0.4 is 0 Å². The van der Waals surface area contributed by atoms with Gasteiger partial charge in [0.1, 0.15) is 6.61 Å². The summed E-state index contributed by atoms with van der Waals surface area (Å²) in [6, 6.07) is 9.46. The summed E-state index contributed by atoms with van der Waals surface area (Å²) in [7, 11) is 1.56. The van der Waals surface area contributed by atoms with Gasteiger partial charge in [0.05, 0.1) is 13.2 Å². The van der Waals surface area contributed by atoms with Crippen LogP contribution >= 0.6 is 0 Å². The van der Waals surface area contributed by atoms with Crippen LogP contribution in [0, 0.1) is 0 Å². The van der Waals surface area contributed by atoms with Gasteiger partial charge in [-0.15, -0.1) is 0 Å². The molecule has 0 unspecified atom stereocenters. The Bertz CT molecular complexity index is 342. The Morgan fingerprint density at radius 2 is 2.00 bits per heavy atom. The Kier molecular flexibility index (Phi) is 6.83. The van der Waals surface area contributed by atoms with Crippen molar-refractivity contribution < 1.29 is 19.4 Å². The highest BCUT2D eigenvalue weighted by atomic mass is 16.6. The zero-order valence-corrected chi connectivity index (χ0v) is 10.5. The molecule has 0 aliphatic carbocycles. The normalized spacial score (nSPS) is 10.1. The lowest BCUT2D eigenvalue weighted by molar-refractivity contribution is 0.0749. The molecule has 0 bridgehead atoms. The first kappa shape index (κ1) is 14.5. The van der Waals surface area contributed by atoms with E-state index in [2.05, 4.69) is 0 Å². The molecule has 0 fully saturated rings. The molecule has 0 aliphatic heterocycles. The van der Waals surface area contributed by atoms with E-state index in [1.807, 2.05) is 30.3 Å². The molecule has 0 radical (unpaired) electrons. The molecule has 1 aromatic rings. The van der Waals surface area contributed by atoms with Crippen LogP contribution in [0.15, 0.2) is 30.3 Å². The summed E-state index contributed by atoms with van der Waals surface area (Å²) >= 11 is 0.